The maximum atomic E-state index is 13.1. The molecule has 0 unspecified atom stereocenters. The van der Waals surface area contributed by atoms with Crippen molar-refractivity contribution in [1.29, 1.82) is 0 Å². The van der Waals surface area contributed by atoms with Crippen molar-refractivity contribution >= 4 is 23.4 Å². The number of hydrogen-bond acceptors (Lipinski definition) is 5. The summed E-state index contributed by atoms with van der Waals surface area (Å²) >= 11 is 0. The fourth-order valence-corrected chi connectivity index (χ4v) is 3.50. The Kier molecular flexibility index (Phi) is 5.97. The van der Waals surface area contributed by atoms with Gasteiger partial charge in [0.15, 0.2) is 0 Å². The Morgan fingerprint density at radius 1 is 1.03 bits per heavy atom. The number of carbonyl (C=O) groups excluding carboxylic acids is 2. The average molecular weight is 395 g/mol. The molecule has 0 saturated carbocycles. The summed E-state index contributed by atoms with van der Waals surface area (Å²) in [5, 5.41) is 9.45. The summed E-state index contributed by atoms with van der Waals surface area (Å²) in [7, 11) is 2.74. The SMILES string of the molecule is COC(=O)[C@@H]1[C@@H](CC(=O)O)C(c2cccc(OC)c2)=CN1C(=O)c1ccccc1. The Morgan fingerprint density at radius 3 is 2.38 bits per heavy atom. The molecule has 0 bridgehead atoms. The topological polar surface area (TPSA) is 93.1 Å². The lowest BCUT2D eigenvalue weighted by molar-refractivity contribution is -0.146. The summed E-state index contributed by atoms with van der Waals surface area (Å²) < 4.78 is 10.2. The summed E-state index contributed by atoms with van der Waals surface area (Å²) in [5.41, 5.74) is 1.62. The normalized spacial score (nSPS) is 18.1. The van der Waals surface area contributed by atoms with E-state index in [0.29, 0.717) is 22.4 Å². The minimum Gasteiger partial charge on any atom is -0.497 e. The lowest BCUT2D eigenvalue weighted by Gasteiger charge is -2.26. The molecule has 7 nitrogen and oxygen atoms in total. The van der Waals surface area contributed by atoms with E-state index in [1.807, 2.05) is 0 Å². The Morgan fingerprint density at radius 2 is 1.76 bits per heavy atom. The number of carbonyl (C=O) groups is 3. The molecule has 1 amide bonds. The van der Waals surface area contributed by atoms with Crippen molar-refractivity contribution in [2.45, 2.75) is 12.5 Å². The zero-order chi connectivity index (χ0) is 21.0. The van der Waals surface area contributed by atoms with Crippen molar-refractivity contribution in [3.8, 4) is 5.75 Å². The van der Waals surface area contributed by atoms with Crippen molar-refractivity contribution < 1.29 is 29.0 Å². The predicted octanol–water partition coefficient (Wildman–Crippen LogP) is 2.82. The fourth-order valence-electron chi connectivity index (χ4n) is 3.50. The summed E-state index contributed by atoms with van der Waals surface area (Å²) in [6.07, 6.45) is 1.21. The van der Waals surface area contributed by atoms with E-state index < -0.39 is 29.8 Å². The average Bonchev–Trinajstić information content (AvgIpc) is 3.11. The van der Waals surface area contributed by atoms with Crippen LogP contribution in [0.2, 0.25) is 0 Å². The van der Waals surface area contributed by atoms with E-state index in [1.165, 1.54) is 19.1 Å². The number of methoxy groups -OCH3 is 2. The molecule has 2 aromatic rings. The van der Waals surface area contributed by atoms with Crippen LogP contribution in [0.5, 0.6) is 5.75 Å². The summed E-state index contributed by atoms with van der Waals surface area (Å²) in [4.78, 5) is 38.5. The van der Waals surface area contributed by atoms with Gasteiger partial charge in [-0.3, -0.25) is 14.5 Å². The van der Waals surface area contributed by atoms with Crippen LogP contribution in [0.4, 0.5) is 0 Å². The lowest BCUT2D eigenvalue weighted by atomic mass is 9.87. The minimum atomic E-state index is -1.08. The Bertz CT molecular complexity index is 953. The second-order valence-corrected chi connectivity index (χ2v) is 6.57. The van der Waals surface area contributed by atoms with Gasteiger partial charge in [-0.15, -0.1) is 0 Å². The molecule has 3 rings (SSSR count). The zero-order valence-electron chi connectivity index (χ0n) is 16.1. The third-order valence-electron chi connectivity index (χ3n) is 4.85. The summed E-state index contributed by atoms with van der Waals surface area (Å²) in [6.45, 7) is 0. The first-order valence-corrected chi connectivity index (χ1v) is 8.99. The molecule has 0 saturated heterocycles. The Hall–Kier alpha value is -3.61. The van der Waals surface area contributed by atoms with Crippen molar-refractivity contribution in [2.75, 3.05) is 14.2 Å². The van der Waals surface area contributed by atoms with Crippen LogP contribution >= 0.6 is 0 Å². The molecule has 150 valence electrons. The Balaban J connectivity index is 2.11. The highest BCUT2D eigenvalue weighted by atomic mass is 16.5. The van der Waals surface area contributed by atoms with Gasteiger partial charge >= 0.3 is 11.9 Å². The number of benzene rings is 2. The zero-order valence-corrected chi connectivity index (χ0v) is 16.1. The van der Waals surface area contributed by atoms with Gasteiger partial charge in [-0.05, 0) is 35.4 Å². The van der Waals surface area contributed by atoms with E-state index in [-0.39, 0.29) is 6.42 Å². The highest BCUT2D eigenvalue weighted by molar-refractivity contribution is 6.00. The largest absolute Gasteiger partial charge is 0.497 e. The first-order valence-electron chi connectivity index (χ1n) is 8.99. The van der Waals surface area contributed by atoms with Gasteiger partial charge in [0.1, 0.15) is 11.8 Å². The first kappa shape index (κ1) is 20.1. The van der Waals surface area contributed by atoms with Crippen molar-refractivity contribution in [3.63, 3.8) is 0 Å². The number of ether oxygens (including phenoxy) is 2. The molecule has 0 aliphatic carbocycles. The van der Waals surface area contributed by atoms with Gasteiger partial charge in [-0.25, -0.2) is 4.79 Å². The van der Waals surface area contributed by atoms with Crippen molar-refractivity contribution in [3.05, 3.63) is 71.9 Å². The second kappa shape index (κ2) is 8.60. The number of amides is 1. The van der Waals surface area contributed by atoms with Gasteiger partial charge in [0.2, 0.25) is 0 Å². The number of aliphatic carboxylic acids is 1. The first-order chi connectivity index (χ1) is 14.0. The van der Waals surface area contributed by atoms with Crippen LogP contribution in [0.1, 0.15) is 22.3 Å². The van der Waals surface area contributed by atoms with E-state index in [4.69, 9.17) is 9.47 Å². The van der Waals surface area contributed by atoms with E-state index in [1.54, 1.807) is 60.8 Å². The van der Waals surface area contributed by atoms with Gasteiger partial charge in [0, 0.05) is 17.7 Å². The number of carboxylic acid groups (broad SMARTS) is 1. The molecule has 0 radical (unpaired) electrons. The molecule has 7 heteroatoms. The maximum Gasteiger partial charge on any atom is 0.329 e. The van der Waals surface area contributed by atoms with Crippen LogP contribution in [-0.2, 0) is 14.3 Å². The van der Waals surface area contributed by atoms with E-state index in [9.17, 15) is 19.5 Å². The van der Waals surface area contributed by atoms with Crippen molar-refractivity contribution in [1.82, 2.24) is 4.90 Å². The molecule has 0 spiro atoms. The van der Waals surface area contributed by atoms with Crippen LogP contribution in [0, 0.1) is 5.92 Å². The number of esters is 1. The monoisotopic (exact) mass is 395 g/mol. The van der Waals surface area contributed by atoms with Gasteiger partial charge in [-0.2, -0.15) is 0 Å². The van der Waals surface area contributed by atoms with Crippen molar-refractivity contribution in [2.24, 2.45) is 5.92 Å². The van der Waals surface area contributed by atoms with E-state index >= 15 is 0 Å². The third-order valence-corrected chi connectivity index (χ3v) is 4.85. The standard InChI is InChI=1S/C22H21NO6/c1-28-16-10-6-9-15(11-16)18-13-23(21(26)14-7-4-3-5-8-14)20(22(27)29-2)17(18)12-19(24)25/h3-11,13,17,20H,12H2,1-2H3,(H,24,25)/t17-,20-/m0/s1. The number of rotatable bonds is 6. The number of hydrogen-bond donors (Lipinski definition) is 1. The van der Waals surface area contributed by atoms with Crippen LogP contribution in [0.3, 0.4) is 0 Å². The molecule has 0 aromatic heterocycles. The van der Waals surface area contributed by atoms with Crippen LogP contribution in [0.25, 0.3) is 5.57 Å². The highest BCUT2D eigenvalue weighted by Gasteiger charge is 2.45. The molecule has 1 heterocycles. The summed E-state index contributed by atoms with van der Waals surface area (Å²) in [6, 6.07) is 14.5. The van der Waals surface area contributed by atoms with Gasteiger partial charge in [0.25, 0.3) is 5.91 Å². The van der Waals surface area contributed by atoms with Gasteiger partial charge < -0.3 is 14.6 Å². The molecule has 1 aliphatic rings. The molecule has 0 fully saturated rings. The van der Waals surface area contributed by atoms with Gasteiger partial charge in [-0.1, -0.05) is 30.3 Å². The predicted molar refractivity (Wildman–Crippen MR) is 105 cm³/mol. The molecule has 29 heavy (non-hydrogen) atoms. The second-order valence-electron chi connectivity index (χ2n) is 6.57. The van der Waals surface area contributed by atoms with Crippen LogP contribution in [-0.4, -0.2) is 48.1 Å². The van der Waals surface area contributed by atoms with Gasteiger partial charge in [0.05, 0.1) is 20.6 Å². The van der Waals surface area contributed by atoms with Crippen LogP contribution < -0.4 is 4.74 Å². The lowest BCUT2D eigenvalue weighted by Crippen LogP contribution is -2.44. The van der Waals surface area contributed by atoms with E-state index in [0.717, 1.165) is 0 Å². The summed E-state index contributed by atoms with van der Waals surface area (Å²) in [5.74, 6) is -2.34. The molecule has 1 aliphatic heterocycles. The highest BCUT2D eigenvalue weighted by Crippen LogP contribution is 2.40. The minimum absolute atomic E-state index is 0.332. The quantitative estimate of drug-likeness (QED) is 0.756. The number of nitrogens with zero attached hydrogens (tertiary/aromatic N) is 1. The van der Waals surface area contributed by atoms with E-state index in [2.05, 4.69) is 0 Å². The molecule has 1 N–H and O–H groups in total. The Labute approximate surface area is 168 Å². The fraction of sp³-hybridized carbons (Fsp3) is 0.227. The smallest absolute Gasteiger partial charge is 0.329 e. The van der Waals surface area contributed by atoms with Crippen LogP contribution in [0.15, 0.2) is 60.8 Å². The number of carboxylic acids is 1. The molecular weight excluding hydrogens is 374 g/mol. The molecular formula is C22H21NO6. The third kappa shape index (κ3) is 4.13. The maximum absolute atomic E-state index is 13.1. The molecule has 2 aromatic carbocycles. The molecule has 2 atom stereocenters.